The Hall–Kier alpha value is -2.06. The zero-order chi connectivity index (χ0) is 14.7. The van der Waals surface area contributed by atoms with Crippen molar-refractivity contribution in [2.24, 2.45) is 11.0 Å². The van der Waals surface area contributed by atoms with Gasteiger partial charge in [0.1, 0.15) is 5.92 Å². The average molecular weight is 297 g/mol. The van der Waals surface area contributed by atoms with Gasteiger partial charge in [-0.1, -0.05) is 47.9 Å². The molecule has 0 aromatic heterocycles. The van der Waals surface area contributed by atoms with Crippen LogP contribution in [-0.2, 0) is 4.79 Å². The first-order valence-electron chi connectivity index (χ1n) is 6.56. The monoisotopic (exact) mass is 297 g/mol. The molecule has 1 atom stereocenters. The van der Waals surface area contributed by atoms with E-state index >= 15 is 0 Å². The van der Waals surface area contributed by atoms with Gasteiger partial charge in [0.25, 0.3) is 5.91 Å². The van der Waals surface area contributed by atoms with Crippen LogP contribution < -0.4 is 35.0 Å². The Morgan fingerprint density at radius 3 is 2.23 bits per heavy atom. The third-order valence-electron chi connectivity index (χ3n) is 3.35. The van der Waals surface area contributed by atoms with Gasteiger partial charge in [0.05, 0.1) is 6.07 Å². The second kappa shape index (κ2) is 7.28. The molecule has 1 N–H and O–H groups in total. The second-order valence-corrected chi connectivity index (χ2v) is 4.64. The normalized spacial score (nSPS) is 16.9. The number of hydrogen-bond acceptors (Lipinski definition) is 3. The fourth-order valence-corrected chi connectivity index (χ4v) is 2.36. The van der Waals surface area contributed by atoms with Crippen LogP contribution in [0.5, 0.6) is 0 Å². The van der Waals surface area contributed by atoms with Crippen LogP contribution in [0.4, 0.5) is 0 Å². The van der Waals surface area contributed by atoms with Gasteiger partial charge >= 0.3 is 29.6 Å². The summed E-state index contributed by atoms with van der Waals surface area (Å²) >= 11 is 0. The zero-order valence-corrected chi connectivity index (χ0v) is 14.2. The Kier molecular flexibility index (Phi) is 5.40. The van der Waals surface area contributed by atoms with Gasteiger partial charge in [0.2, 0.25) is 0 Å². The molecule has 1 amide bonds. The van der Waals surface area contributed by atoms with Crippen molar-refractivity contribution in [3.05, 3.63) is 77.7 Å². The molecule has 0 saturated heterocycles. The Bertz CT molecular complexity index is 723. The molecule has 1 heterocycles. The van der Waals surface area contributed by atoms with Gasteiger partial charge in [-0.3, -0.25) is 4.79 Å². The summed E-state index contributed by atoms with van der Waals surface area (Å²) in [6, 6.07) is 21.0. The number of nitrogens with zero attached hydrogens (tertiary/aromatic N) is 2. The maximum absolute atomic E-state index is 11.9. The molecule has 1 unspecified atom stereocenters. The van der Waals surface area contributed by atoms with E-state index in [-0.39, 0.29) is 29.6 Å². The molecule has 0 saturated carbocycles. The number of hydrogen-bond donors (Lipinski definition) is 1. The predicted octanol–water partition coefficient (Wildman–Crippen LogP) is -0.713. The van der Waals surface area contributed by atoms with Crippen LogP contribution in [0.25, 0.3) is 0 Å². The number of hydrazone groups is 1. The molecular formula is C17H12N3NaO. The summed E-state index contributed by atoms with van der Waals surface area (Å²) in [4.78, 5) is 11.9. The van der Waals surface area contributed by atoms with Gasteiger partial charge in [0, 0.05) is 5.71 Å². The van der Waals surface area contributed by atoms with Crippen LogP contribution in [0.1, 0.15) is 11.1 Å². The van der Waals surface area contributed by atoms with E-state index in [4.69, 9.17) is 0 Å². The molecular weight excluding hydrogens is 285 g/mol. The van der Waals surface area contributed by atoms with Crippen LogP contribution >= 0.6 is 0 Å². The fourth-order valence-electron chi connectivity index (χ4n) is 2.36. The third-order valence-corrected chi connectivity index (χ3v) is 3.35. The van der Waals surface area contributed by atoms with Crippen LogP contribution in [0, 0.1) is 23.2 Å². The first-order chi connectivity index (χ1) is 10.3. The van der Waals surface area contributed by atoms with E-state index in [1.54, 1.807) is 0 Å². The van der Waals surface area contributed by atoms with Crippen molar-refractivity contribution in [1.82, 2.24) is 5.43 Å². The van der Waals surface area contributed by atoms with Gasteiger partial charge in [-0.15, -0.1) is 29.8 Å². The molecule has 0 bridgehead atoms. The van der Waals surface area contributed by atoms with Crippen molar-refractivity contribution in [1.29, 1.82) is 5.26 Å². The van der Waals surface area contributed by atoms with Gasteiger partial charge in [-0.05, 0) is 0 Å². The fraction of sp³-hybridized carbons (Fsp3) is 0.0588. The summed E-state index contributed by atoms with van der Waals surface area (Å²) < 4.78 is 0. The molecule has 1 aliphatic rings. The van der Waals surface area contributed by atoms with Gasteiger partial charge in [-0.2, -0.15) is 10.4 Å². The minimum Gasteiger partial charge on any atom is -0.272 e. The summed E-state index contributed by atoms with van der Waals surface area (Å²) in [6.07, 6.45) is 0. The van der Waals surface area contributed by atoms with E-state index in [2.05, 4.69) is 16.6 Å². The maximum atomic E-state index is 11.9. The smallest absolute Gasteiger partial charge is 0.272 e. The Balaban J connectivity index is 0.00000176. The van der Waals surface area contributed by atoms with E-state index < -0.39 is 11.8 Å². The SMILES string of the molecule is N#CC1C(=O)NN=C(c2ccccc2)[C-]1c1ccccc1.[Na+]. The Morgan fingerprint density at radius 1 is 1.05 bits per heavy atom. The Morgan fingerprint density at radius 2 is 1.64 bits per heavy atom. The molecule has 4 nitrogen and oxygen atoms in total. The number of rotatable bonds is 2. The molecule has 1 aliphatic heterocycles. The van der Waals surface area contributed by atoms with Crippen LogP contribution in [0.15, 0.2) is 65.8 Å². The van der Waals surface area contributed by atoms with Crippen molar-refractivity contribution in [3.63, 3.8) is 0 Å². The summed E-state index contributed by atoms with van der Waals surface area (Å²) in [5.74, 6) is -0.607. The van der Waals surface area contributed by atoms with Gasteiger partial charge < -0.3 is 0 Å². The van der Waals surface area contributed by atoms with Gasteiger partial charge in [0.15, 0.2) is 0 Å². The molecule has 22 heavy (non-hydrogen) atoms. The maximum Gasteiger partial charge on any atom is 1.00 e. The van der Waals surface area contributed by atoms with E-state index in [0.717, 1.165) is 11.1 Å². The average Bonchev–Trinajstić information content (AvgIpc) is 2.56. The predicted molar refractivity (Wildman–Crippen MR) is 79.0 cm³/mol. The molecule has 5 heteroatoms. The molecule has 0 aliphatic carbocycles. The molecule has 0 fully saturated rings. The second-order valence-electron chi connectivity index (χ2n) is 4.64. The number of carbonyl (C=O) groups excluding carboxylic acids is 1. The summed E-state index contributed by atoms with van der Waals surface area (Å²) in [6.45, 7) is 0. The zero-order valence-electron chi connectivity index (χ0n) is 12.2. The molecule has 102 valence electrons. The number of carbonyl (C=O) groups is 1. The molecule has 3 rings (SSSR count). The van der Waals surface area contributed by atoms with Gasteiger partial charge in [-0.25, -0.2) is 5.43 Å². The van der Waals surface area contributed by atoms with Crippen LogP contribution in [-0.4, -0.2) is 11.6 Å². The van der Waals surface area contributed by atoms with Crippen molar-refractivity contribution >= 4 is 11.6 Å². The summed E-state index contributed by atoms with van der Waals surface area (Å²) in [5.41, 5.74) is 4.78. The first-order valence-corrected chi connectivity index (χ1v) is 6.56. The molecule has 0 spiro atoms. The van der Waals surface area contributed by atoms with E-state index in [9.17, 15) is 10.1 Å². The van der Waals surface area contributed by atoms with Crippen molar-refractivity contribution < 1.29 is 34.4 Å². The number of nitrogens with one attached hydrogen (secondary N) is 1. The van der Waals surface area contributed by atoms with Crippen molar-refractivity contribution in [2.45, 2.75) is 0 Å². The summed E-state index contributed by atoms with van der Waals surface area (Å²) in [5, 5.41) is 13.5. The van der Waals surface area contributed by atoms with E-state index in [1.807, 2.05) is 60.7 Å². The van der Waals surface area contributed by atoms with Crippen LogP contribution in [0.2, 0.25) is 0 Å². The van der Waals surface area contributed by atoms with Crippen molar-refractivity contribution in [2.75, 3.05) is 0 Å². The largest absolute Gasteiger partial charge is 1.00 e. The number of nitriles is 1. The number of amides is 1. The Labute approximate surface area is 151 Å². The van der Waals surface area contributed by atoms with E-state index in [1.165, 1.54) is 0 Å². The molecule has 2 aromatic carbocycles. The summed E-state index contributed by atoms with van der Waals surface area (Å²) in [7, 11) is 0. The first kappa shape index (κ1) is 16.3. The third kappa shape index (κ3) is 3.07. The molecule has 2 aromatic rings. The van der Waals surface area contributed by atoms with Crippen molar-refractivity contribution in [3.8, 4) is 6.07 Å². The minimum absolute atomic E-state index is 0. The quantitative estimate of drug-likeness (QED) is 0.588. The minimum atomic E-state index is -0.861. The number of benzene rings is 2. The standard InChI is InChI=1S/C17H12N3O.Na/c18-11-14-15(12-7-3-1-4-8-12)16(19-20-17(14)21)13-9-5-2-6-10-13;/h1-10,14H,(H,20,21);/q-1;+1. The van der Waals surface area contributed by atoms with E-state index in [0.29, 0.717) is 11.6 Å². The topological polar surface area (TPSA) is 65.2 Å². The molecule has 0 radical (unpaired) electrons. The van der Waals surface area contributed by atoms with Crippen LogP contribution in [0.3, 0.4) is 0 Å².